The molecule has 2 N–H and O–H groups in total. The first-order valence-electron chi connectivity index (χ1n) is 8.00. The lowest BCUT2D eigenvalue weighted by atomic mass is 10.0. The van der Waals surface area contributed by atoms with Crippen molar-refractivity contribution >= 4 is 5.91 Å². The lowest BCUT2D eigenvalue weighted by molar-refractivity contribution is -0.126. The van der Waals surface area contributed by atoms with Crippen LogP contribution in [0.1, 0.15) is 44.9 Å². The van der Waals surface area contributed by atoms with E-state index >= 15 is 0 Å². The Bertz CT molecular complexity index is 344. The summed E-state index contributed by atoms with van der Waals surface area (Å²) in [6, 6.07) is 0.696. The zero-order chi connectivity index (χ0) is 14.2. The molecule has 4 heteroatoms. The predicted molar refractivity (Wildman–Crippen MR) is 81.3 cm³/mol. The van der Waals surface area contributed by atoms with Gasteiger partial charge < -0.3 is 10.6 Å². The Morgan fingerprint density at radius 2 is 2.10 bits per heavy atom. The summed E-state index contributed by atoms with van der Waals surface area (Å²) in [6.45, 7) is 4.01. The highest BCUT2D eigenvalue weighted by molar-refractivity contribution is 5.82. The smallest absolute Gasteiger partial charge is 0.237 e. The third-order valence-electron chi connectivity index (χ3n) is 4.42. The number of carbonyl (C=O) groups excluding carboxylic acids is 1. The molecule has 4 nitrogen and oxygen atoms in total. The molecule has 0 aromatic rings. The summed E-state index contributed by atoms with van der Waals surface area (Å²) in [7, 11) is 0. The number of nitrogens with one attached hydrogen (secondary N) is 2. The third-order valence-corrected chi connectivity index (χ3v) is 4.42. The van der Waals surface area contributed by atoms with Gasteiger partial charge in [-0.25, -0.2) is 0 Å². The summed E-state index contributed by atoms with van der Waals surface area (Å²) in [5.41, 5.74) is 0. The van der Waals surface area contributed by atoms with E-state index in [1.165, 1.54) is 12.8 Å². The van der Waals surface area contributed by atoms with E-state index in [1.54, 1.807) is 0 Å². The first-order valence-corrected chi connectivity index (χ1v) is 8.00. The summed E-state index contributed by atoms with van der Waals surface area (Å²) in [4.78, 5) is 14.8. The predicted octanol–water partition coefficient (Wildman–Crippen LogP) is 1.12. The van der Waals surface area contributed by atoms with Gasteiger partial charge in [-0.1, -0.05) is 0 Å². The molecule has 1 unspecified atom stereocenters. The van der Waals surface area contributed by atoms with Gasteiger partial charge in [-0.05, 0) is 58.2 Å². The van der Waals surface area contributed by atoms with E-state index in [1.807, 2.05) is 0 Å². The molecule has 0 saturated carbocycles. The second kappa shape index (κ2) is 8.28. The third kappa shape index (κ3) is 4.22. The second-order valence-corrected chi connectivity index (χ2v) is 5.83. The van der Waals surface area contributed by atoms with Crippen LogP contribution in [0.4, 0.5) is 0 Å². The fourth-order valence-corrected chi connectivity index (χ4v) is 3.33. The maximum absolute atomic E-state index is 12.3. The van der Waals surface area contributed by atoms with Crippen molar-refractivity contribution in [1.29, 1.82) is 0 Å². The lowest BCUT2D eigenvalue weighted by Crippen LogP contribution is -2.50. The van der Waals surface area contributed by atoms with Gasteiger partial charge in [0.2, 0.25) is 5.91 Å². The van der Waals surface area contributed by atoms with E-state index in [0.29, 0.717) is 6.04 Å². The zero-order valence-corrected chi connectivity index (χ0v) is 12.4. The van der Waals surface area contributed by atoms with Gasteiger partial charge in [0.1, 0.15) is 0 Å². The summed E-state index contributed by atoms with van der Waals surface area (Å²) >= 11 is 0. The molecule has 0 aromatic heterocycles. The molecule has 112 valence electrons. The topological polar surface area (TPSA) is 44.4 Å². The van der Waals surface area contributed by atoms with Crippen LogP contribution in [0.2, 0.25) is 0 Å². The lowest BCUT2D eigenvalue weighted by Gasteiger charge is -2.35. The Kier molecular flexibility index (Phi) is 6.35. The minimum Gasteiger partial charge on any atom is -0.355 e. The van der Waals surface area contributed by atoms with Crippen molar-refractivity contribution < 1.29 is 4.79 Å². The first kappa shape index (κ1) is 15.3. The summed E-state index contributed by atoms with van der Waals surface area (Å²) in [6.07, 6.45) is 12.5. The molecule has 2 heterocycles. The molecular weight excluding hydrogens is 250 g/mol. The minimum atomic E-state index is 0.103. The Morgan fingerprint density at radius 1 is 1.30 bits per heavy atom. The molecule has 2 aliphatic rings. The number of rotatable bonds is 6. The molecule has 0 bridgehead atoms. The van der Waals surface area contributed by atoms with Crippen LogP contribution in [-0.2, 0) is 4.79 Å². The molecular formula is C16H27N3O. The van der Waals surface area contributed by atoms with Gasteiger partial charge in [-0.3, -0.25) is 9.69 Å². The molecule has 2 rings (SSSR count). The van der Waals surface area contributed by atoms with Gasteiger partial charge >= 0.3 is 0 Å². The van der Waals surface area contributed by atoms with Crippen molar-refractivity contribution in [3.63, 3.8) is 0 Å². The highest BCUT2D eigenvalue weighted by Gasteiger charge is 2.35. The number of terminal acetylenes is 1. The molecule has 20 heavy (non-hydrogen) atoms. The number of hydrogen-bond donors (Lipinski definition) is 2. The van der Waals surface area contributed by atoms with Crippen LogP contribution in [0.15, 0.2) is 0 Å². The molecule has 2 aliphatic heterocycles. The number of amides is 1. The van der Waals surface area contributed by atoms with Crippen LogP contribution in [0.3, 0.4) is 0 Å². The summed E-state index contributed by atoms with van der Waals surface area (Å²) in [5, 5.41) is 6.48. The van der Waals surface area contributed by atoms with Gasteiger partial charge in [0.05, 0.1) is 6.04 Å². The average Bonchev–Trinajstić information content (AvgIpc) is 2.97. The fourth-order valence-electron chi connectivity index (χ4n) is 3.33. The van der Waals surface area contributed by atoms with Crippen molar-refractivity contribution in [2.24, 2.45) is 0 Å². The van der Waals surface area contributed by atoms with Gasteiger partial charge in [0.15, 0.2) is 0 Å². The highest BCUT2D eigenvalue weighted by Crippen LogP contribution is 2.24. The molecule has 0 spiro atoms. The van der Waals surface area contributed by atoms with Crippen LogP contribution in [-0.4, -0.2) is 49.1 Å². The Labute approximate surface area is 122 Å². The fraction of sp³-hybridized carbons (Fsp3) is 0.812. The van der Waals surface area contributed by atoms with E-state index in [4.69, 9.17) is 6.42 Å². The van der Waals surface area contributed by atoms with Crippen molar-refractivity contribution in [2.45, 2.75) is 57.0 Å². The number of piperidine rings is 1. The number of carbonyl (C=O) groups is 1. The maximum Gasteiger partial charge on any atom is 0.237 e. The van der Waals surface area contributed by atoms with E-state index in [0.717, 1.165) is 58.3 Å². The van der Waals surface area contributed by atoms with Crippen molar-refractivity contribution in [3.8, 4) is 12.3 Å². The molecule has 0 aliphatic carbocycles. The van der Waals surface area contributed by atoms with Gasteiger partial charge in [-0.2, -0.15) is 0 Å². The van der Waals surface area contributed by atoms with Gasteiger partial charge in [-0.15, -0.1) is 12.3 Å². The molecule has 1 amide bonds. The first-order chi connectivity index (χ1) is 9.83. The minimum absolute atomic E-state index is 0.103. The quantitative estimate of drug-likeness (QED) is 0.565. The number of unbranched alkanes of at least 4 members (excludes halogenated alkanes) is 2. The summed E-state index contributed by atoms with van der Waals surface area (Å²) < 4.78 is 0. The number of likely N-dealkylation sites (tertiary alicyclic amines) is 1. The molecule has 0 radical (unpaired) electrons. The van der Waals surface area contributed by atoms with Crippen LogP contribution >= 0.6 is 0 Å². The van der Waals surface area contributed by atoms with Crippen molar-refractivity contribution in [1.82, 2.24) is 15.5 Å². The Hall–Kier alpha value is -1.05. The highest BCUT2D eigenvalue weighted by atomic mass is 16.2. The van der Waals surface area contributed by atoms with Crippen LogP contribution in [0, 0.1) is 12.3 Å². The van der Waals surface area contributed by atoms with Crippen LogP contribution in [0.5, 0.6) is 0 Å². The number of hydrogen-bond acceptors (Lipinski definition) is 3. The maximum atomic E-state index is 12.3. The van der Waals surface area contributed by atoms with Crippen molar-refractivity contribution in [2.75, 3.05) is 26.2 Å². The summed E-state index contributed by atoms with van der Waals surface area (Å²) in [5.74, 6) is 2.86. The van der Waals surface area contributed by atoms with E-state index < -0.39 is 0 Å². The monoisotopic (exact) mass is 277 g/mol. The zero-order valence-electron chi connectivity index (χ0n) is 12.4. The molecule has 2 fully saturated rings. The average molecular weight is 277 g/mol. The van der Waals surface area contributed by atoms with E-state index in [-0.39, 0.29) is 11.9 Å². The van der Waals surface area contributed by atoms with E-state index in [9.17, 15) is 4.79 Å². The largest absolute Gasteiger partial charge is 0.355 e. The molecule has 2 saturated heterocycles. The van der Waals surface area contributed by atoms with Crippen LogP contribution < -0.4 is 10.6 Å². The Morgan fingerprint density at radius 3 is 2.85 bits per heavy atom. The second-order valence-electron chi connectivity index (χ2n) is 5.83. The number of nitrogens with zero attached hydrogens (tertiary/aromatic N) is 1. The van der Waals surface area contributed by atoms with Crippen LogP contribution in [0.25, 0.3) is 0 Å². The molecule has 1 atom stereocenters. The van der Waals surface area contributed by atoms with Crippen molar-refractivity contribution in [3.05, 3.63) is 0 Å². The van der Waals surface area contributed by atoms with Gasteiger partial charge in [0.25, 0.3) is 0 Å². The SMILES string of the molecule is C#CCCCCNC(=O)C1CCCN1C1CCNCC1. The van der Waals surface area contributed by atoms with Gasteiger partial charge in [0, 0.05) is 19.0 Å². The molecule has 0 aromatic carbocycles. The Balaban J connectivity index is 1.74. The standard InChI is InChI=1S/C16H27N3O/c1-2-3-4-5-10-18-16(20)15-7-6-13-19(15)14-8-11-17-12-9-14/h1,14-15,17H,3-13H2,(H,18,20). The van der Waals surface area contributed by atoms with E-state index in [2.05, 4.69) is 21.5 Å². The normalized spacial score (nSPS) is 24.4.